The molecule has 0 aliphatic heterocycles. The smallest absolute Gasteiger partial charge is 0.253 e. The van der Waals surface area contributed by atoms with Gasteiger partial charge in [-0.25, -0.2) is 8.42 Å². The van der Waals surface area contributed by atoms with Crippen molar-refractivity contribution < 1.29 is 13.2 Å². The van der Waals surface area contributed by atoms with Gasteiger partial charge in [0, 0.05) is 19.1 Å². The molecule has 0 aromatic heterocycles. The topological polar surface area (TPSA) is 66.5 Å². The second-order valence-electron chi connectivity index (χ2n) is 8.87. The number of nitrogens with one attached hydrogen (secondary N) is 1. The molecule has 0 spiro atoms. The van der Waals surface area contributed by atoms with Gasteiger partial charge in [0.25, 0.3) is 5.91 Å². The van der Waals surface area contributed by atoms with Gasteiger partial charge in [0.2, 0.25) is 10.0 Å². The molecule has 2 aliphatic rings. The molecule has 1 N–H and O–H groups in total. The van der Waals surface area contributed by atoms with E-state index in [4.69, 9.17) is 11.6 Å². The third-order valence-electron chi connectivity index (χ3n) is 7.62. The molecule has 156 valence electrons. The second-order valence-corrected chi connectivity index (χ2v) is 11.2. The number of hydrogen-bond acceptors (Lipinski definition) is 3. The van der Waals surface area contributed by atoms with Gasteiger partial charge >= 0.3 is 0 Å². The summed E-state index contributed by atoms with van der Waals surface area (Å²) in [5.41, 5.74) is 0.451. The van der Waals surface area contributed by atoms with Crippen molar-refractivity contribution in [3.05, 3.63) is 28.8 Å². The number of fused-ring (bicyclic) bond motifs is 2. The average Bonchev–Trinajstić information content (AvgIpc) is 2.96. The summed E-state index contributed by atoms with van der Waals surface area (Å²) in [5, 5.41) is 3.43. The predicted molar refractivity (Wildman–Crippen MR) is 112 cm³/mol. The van der Waals surface area contributed by atoms with Crippen molar-refractivity contribution in [2.75, 3.05) is 13.1 Å². The number of rotatable bonds is 6. The number of halogens is 1. The van der Waals surface area contributed by atoms with Crippen LogP contribution in [0.5, 0.6) is 0 Å². The van der Waals surface area contributed by atoms with E-state index in [9.17, 15) is 13.2 Å². The van der Waals surface area contributed by atoms with Crippen LogP contribution in [0, 0.1) is 16.7 Å². The van der Waals surface area contributed by atoms with E-state index < -0.39 is 10.0 Å². The van der Waals surface area contributed by atoms with E-state index in [2.05, 4.69) is 26.1 Å². The normalized spacial score (nSPS) is 28.7. The Morgan fingerprint density at radius 2 is 1.89 bits per heavy atom. The molecule has 28 heavy (non-hydrogen) atoms. The van der Waals surface area contributed by atoms with Gasteiger partial charge in [-0.1, -0.05) is 46.2 Å². The van der Waals surface area contributed by atoms with E-state index in [1.54, 1.807) is 13.8 Å². The number of amides is 1. The number of nitrogens with zero attached hydrogens (tertiary/aromatic N) is 1. The van der Waals surface area contributed by atoms with Crippen molar-refractivity contribution in [1.82, 2.24) is 9.62 Å². The van der Waals surface area contributed by atoms with Crippen LogP contribution >= 0.6 is 11.6 Å². The molecule has 2 aliphatic carbocycles. The van der Waals surface area contributed by atoms with Crippen LogP contribution in [-0.4, -0.2) is 37.8 Å². The fourth-order valence-corrected chi connectivity index (χ4v) is 6.90. The summed E-state index contributed by atoms with van der Waals surface area (Å²) in [6, 6.07) is 4.45. The molecule has 0 heterocycles. The Balaban J connectivity index is 1.88. The number of sulfonamides is 1. The van der Waals surface area contributed by atoms with E-state index in [1.807, 2.05) is 0 Å². The molecule has 5 nitrogen and oxygen atoms in total. The first kappa shape index (κ1) is 21.6. The summed E-state index contributed by atoms with van der Waals surface area (Å²) in [5.74, 6) is 0.309. The first-order valence-corrected chi connectivity index (χ1v) is 11.9. The van der Waals surface area contributed by atoms with Gasteiger partial charge < -0.3 is 5.32 Å². The van der Waals surface area contributed by atoms with Gasteiger partial charge in [0.15, 0.2) is 0 Å². The third-order valence-corrected chi connectivity index (χ3v) is 10.0. The van der Waals surface area contributed by atoms with E-state index in [1.165, 1.54) is 28.9 Å². The third kappa shape index (κ3) is 3.17. The molecule has 1 aromatic carbocycles. The van der Waals surface area contributed by atoms with Crippen LogP contribution in [0.3, 0.4) is 0 Å². The molecule has 2 fully saturated rings. The van der Waals surface area contributed by atoms with Crippen LogP contribution < -0.4 is 5.32 Å². The maximum atomic E-state index is 13.0. The lowest BCUT2D eigenvalue weighted by atomic mass is 9.69. The second kappa shape index (κ2) is 7.29. The molecule has 2 saturated carbocycles. The Bertz CT molecular complexity index is 880. The van der Waals surface area contributed by atoms with E-state index >= 15 is 0 Å². The van der Waals surface area contributed by atoms with E-state index in [-0.39, 0.29) is 38.3 Å². The maximum Gasteiger partial charge on any atom is 0.253 e. The van der Waals surface area contributed by atoms with Crippen LogP contribution in [0.15, 0.2) is 23.1 Å². The first-order valence-electron chi connectivity index (χ1n) is 10.1. The summed E-state index contributed by atoms with van der Waals surface area (Å²) in [6.07, 6.45) is 3.26. The lowest BCUT2D eigenvalue weighted by Gasteiger charge is -2.39. The summed E-state index contributed by atoms with van der Waals surface area (Å²) in [4.78, 5) is 13.1. The van der Waals surface area contributed by atoms with Crippen LogP contribution in [-0.2, 0) is 10.0 Å². The lowest BCUT2D eigenvalue weighted by Crippen LogP contribution is -2.47. The summed E-state index contributed by atoms with van der Waals surface area (Å²) in [7, 11) is -3.65. The summed E-state index contributed by atoms with van der Waals surface area (Å²) < 4.78 is 27.0. The van der Waals surface area contributed by atoms with Gasteiger partial charge in [-0.15, -0.1) is 0 Å². The summed E-state index contributed by atoms with van der Waals surface area (Å²) in [6.45, 7) is 11.2. The number of hydrogen-bond donors (Lipinski definition) is 1. The largest absolute Gasteiger partial charge is 0.349 e. The predicted octanol–water partition coefficient (Wildman–Crippen LogP) is 4.32. The van der Waals surface area contributed by atoms with Crippen molar-refractivity contribution >= 4 is 27.5 Å². The quantitative estimate of drug-likeness (QED) is 0.736. The Hall–Kier alpha value is -1.11. The molecule has 1 aromatic rings. The van der Waals surface area contributed by atoms with Gasteiger partial charge in [-0.3, -0.25) is 4.79 Å². The Labute approximate surface area is 173 Å². The molecule has 2 bridgehead atoms. The average molecular weight is 427 g/mol. The van der Waals surface area contributed by atoms with Gasteiger partial charge in [0.1, 0.15) is 0 Å². The van der Waals surface area contributed by atoms with E-state index in [0.717, 1.165) is 12.8 Å². The van der Waals surface area contributed by atoms with Crippen LogP contribution in [0.1, 0.15) is 64.2 Å². The van der Waals surface area contributed by atoms with Crippen LogP contribution in [0.25, 0.3) is 0 Å². The number of carbonyl (C=O) groups is 1. The fourth-order valence-electron chi connectivity index (χ4n) is 5.21. The van der Waals surface area contributed by atoms with E-state index in [0.29, 0.717) is 19.0 Å². The minimum absolute atomic E-state index is 0.0463. The standard InChI is InChI=1S/C21H31ClN2O3S/c1-6-24(7-2)28(26,27)15-8-9-17(22)16(13-15)19(25)23-18-12-14-10-11-21(18,5)20(14,3)4/h8-9,13-14,18H,6-7,10-12H2,1-5H3,(H,23,25). The number of benzene rings is 1. The maximum absolute atomic E-state index is 13.0. The monoisotopic (exact) mass is 426 g/mol. The highest BCUT2D eigenvalue weighted by atomic mass is 35.5. The number of carbonyl (C=O) groups excluding carboxylic acids is 1. The van der Waals surface area contributed by atoms with Crippen molar-refractivity contribution in [2.45, 2.75) is 64.8 Å². The highest BCUT2D eigenvalue weighted by Crippen LogP contribution is 2.65. The van der Waals surface area contributed by atoms with Gasteiger partial charge in [0.05, 0.1) is 15.5 Å². The zero-order valence-electron chi connectivity index (χ0n) is 17.4. The minimum Gasteiger partial charge on any atom is -0.349 e. The first-order chi connectivity index (χ1) is 13.0. The molecule has 3 rings (SSSR count). The molecule has 0 radical (unpaired) electrons. The zero-order valence-corrected chi connectivity index (χ0v) is 19.0. The molecular weight excluding hydrogens is 396 g/mol. The van der Waals surface area contributed by atoms with Crippen molar-refractivity contribution in [3.63, 3.8) is 0 Å². The van der Waals surface area contributed by atoms with Crippen LogP contribution in [0.2, 0.25) is 5.02 Å². The van der Waals surface area contributed by atoms with Gasteiger partial charge in [-0.05, 0) is 54.2 Å². The molecule has 0 saturated heterocycles. The molecular formula is C21H31ClN2O3S. The summed E-state index contributed by atoms with van der Waals surface area (Å²) >= 11 is 6.27. The Morgan fingerprint density at radius 1 is 1.25 bits per heavy atom. The fraction of sp³-hybridized carbons (Fsp3) is 0.667. The van der Waals surface area contributed by atoms with Crippen molar-refractivity contribution in [1.29, 1.82) is 0 Å². The molecule has 3 unspecified atom stereocenters. The van der Waals surface area contributed by atoms with Crippen molar-refractivity contribution in [2.24, 2.45) is 16.7 Å². The Morgan fingerprint density at radius 3 is 2.39 bits per heavy atom. The molecule has 7 heteroatoms. The highest BCUT2D eigenvalue weighted by Gasteiger charge is 2.61. The SMILES string of the molecule is CCN(CC)S(=O)(=O)c1ccc(Cl)c(C(=O)NC2CC3CCC2(C)C3(C)C)c1. The highest BCUT2D eigenvalue weighted by molar-refractivity contribution is 7.89. The minimum atomic E-state index is -3.65. The molecule has 1 amide bonds. The zero-order chi connectivity index (χ0) is 20.9. The van der Waals surface area contributed by atoms with Crippen molar-refractivity contribution in [3.8, 4) is 0 Å². The van der Waals surface area contributed by atoms with Gasteiger partial charge in [-0.2, -0.15) is 4.31 Å². The van der Waals surface area contributed by atoms with Crippen LogP contribution in [0.4, 0.5) is 0 Å². The lowest BCUT2D eigenvalue weighted by molar-refractivity contribution is 0.0826. The Kier molecular flexibility index (Phi) is 5.63. The molecule has 3 atom stereocenters.